The maximum absolute atomic E-state index is 12.5. The Balaban J connectivity index is 1.79. The van der Waals surface area contributed by atoms with Gasteiger partial charge in [0.25, 0.3) is 5.62 Å². The summed E-state index contributed by atoms with van der Waals surface area (Å²) in [6.07, 6.45) is -0.0314. The van der Waals surface area contributed by atoms with E-state index in [4.69, 9.17) is 13.9 Å². The van der Waals surface area contributed by atoms with E-state index in [2.05, 4.69) is 45.0 Å². The predicted molar refractivity (Wildman–Crippen MR) is 117 cm³/mol. The zero-order valence-corrected chi connectivity index (χ0v) is 18.6. The van der Waals surface area contributed by atoms with Crippen molar-refractivity contribution < 1.29 is 18.7 Å². The van der Waals surface area contributed by atoms with Crippen LogP contribution in [0.15, 0.2) is 60.7 Å². The smallest absolute Gasteiger partial charge is 0.311 e. The van der Waals surface area contributed by atoms with Crippen molar-refractivity contribution in [2.24, 2.45) is 5.41 Å². The van der Waals surface area contributed by atoms with E-state index >= 15 is 0 Å². The Hall–Kier alpha value is -1.60. The van der Waals surface area contributed by atoms with Crippen LogP contribution in [0.2, 0.25) is 0 Å². The molecule has 1 saturated heterocycles. The average Bonchev–Trinajstić information content (AvgIpc) is 3.18. The second kappa shape index (κ2) is 9.74. The molecule has 4 nitrogen and oxygen atoms in total. The molecule has 0 spiro atoms. The van der Waals surface area contributed by atoms with Crippen LogP contribution in [0, 0.1) is 5.41 Å². The van der Waals surface area contributed by atoms with E-state index in [-0.39, 0.29) is 23.9 Å². The molecule has 1 heterocycles. The Kier molecular flexibility index (Phi) is 7.34. The Morgan fingerprint density at radius 2 is 1.68 bits per heavy atom. The summed E-state index contributed by atoms with van der Waals surface area (Å²) in [5.74, 6) is 0.585. The first-order chi connectivity index (χ1) is 13.4. The van der Waals surface area contributed by atoms with Gasteiger partial charge in [-0.25, -0.2) is 0 Å². The molecule has 28 heavy (non-hydrogen) atoms. The summed E-state index contributed by atoms with van der Waals surface area (Å²) in [7, 11) is -1.95. The number of hydrogen-bond acceptors (Lipinski definition) is 5. The number of ether oxygens (including phenoxy) is 2. The van der Waals surface area contributed by atoms with E-state index in [1.54, 1.807) is 0 Å². The van der Waals surface area contributed by atoms with Crippen LogP contribution >= 0.6 is 11.8 Å². The number of carbonyl (C=O) groups is 1. The van der Waals surface area contributed by atoms with Crippen molar-refractivity contribution in [2.45, 2.75) is 38.9 Å². The summed E-state index contributed by atoms with van der Waals surface area (Å²) in [5.41, 5.74) is -0.679. The van der Waals surface area contributed by atoms with Gasteiger partial charge in [-0.3, -0.25) is 4.79 Å². The lowest BCUT2D eigenvalue weighted by atomic mass is 9.87. The Morgan fingerprint density at radius 3 is 2.14 bits per heavy atom. The van der Waals surface area contributed by atoms with Crippen molar-refractivity contribution in [1.29, 1.82) is 0 Å². The van der Waals surface area contributed by atoms with Crippen LogP contribution in [0.3, 0.4) is 0 Å². The van der Waals surface area contributed by atoms with Gasteiger partial charge in [-0.05, 0) is 15.8 Å². The maximum Gasteiger partial charge on any atom is 0.311 e. The molecular weight excluding hydrogens is 388 g/mol. The molecule has 2 atom stereocenters. The van der Waals surface area contributed by atoms with Crippen LogP contribution in [0.25, 0.3) is 0 Å². The molecule has 6 heteroatoms. The number of esters is 1. The van der Waals surface area contributed by atoms with Crippen LogP contribution in [0.1, 0.15) is 27.2 Å². The van der Waals surface area contributed by atoms with Gasteiger partial charge >= 0.3 is 5.97 Å². The molecule has 3 rings (SSSR count). The summed E-state index contributed by atoms with van der Waals surface area (Å²) < 4.78 is 17.6. The molecule has 1 aliphatic heterocycles. The second-order valence-electron chi connectivity index (χ2n) is 7.92. The van der Waals surface area contributed by atoms with Gasteiger partial charge in [0.15, 0.2) is 0 Å². The number of rotatable bonds is 7. The van der Waals surface area contributed by atoms with Gasteiger partial charge in [-0.2, -0.15) is 0 Å². The molecule has 0 radical (unpaired) electrons. The molecule has 0 saturated carbocycles. The first-order valence-electron chi connectivity index (χ1n) is 9.61. The largest absolute Gasteiger partial charge is 0.426 e. The Bertz CT molecular complexity index is 703. The van der Waals surface area contributed by atoms with E-state index in [1.165, 1.54) is 22.1 Å². The molecule has 2 aromatic rings. The standard InChI is InChI=1S/C22H28O4SSi/c1-22(2,3)19(16-20(23)25-21-24-14-15-27-21)26-28(17-10-6-4-7-11-17)18-12-8-5-9-13-18/h4-13,19,21,28H,14-16H2,1-3H3/t19?,21-/m0/s1. The van der Waals surface area contributed by atoms with Crippen molar-refractivity contribution in [3.8, 4) is 0 Å². The molecule has 1 aliphatic rings. The van der Waals surface area contributed by atoms with E-state index in [9.17, 15) is 4.79 Å². The topological polar surface area (TPSA) is 44.8 Å². The number of carbonyl (C=O) groups excluding carboxylic acids is 1. The van der Waals surface area contributed by atoms with Crippen molar-refractivity contribution in [1.82, 2.24) is 0 Å². The fourth-order valence-corrected chi connectivity index (χ4v) is 6.47. The lowest BCUT2D eigenvalue weighted by Gasteiger charge is -2.34. The molecule has 2 aromatic carbocycles. The van der Waals surface area contributed by atoms with Crippen molar-refractivity contribution >= 4 is 37.1 Å². The van der Waals surface area contributed by atoms with Gasteiger partial charge in [0.05, 0.1) is 19.1 Å². The molecule has 150 valence electrons. The first kappa shape index (κ1) is 21.1. The van der Waals surface area contributed by atoms with E-state index in [1.807, 2.05) is 36.4 Å². The first-order valence-corrected chi connectivity index (χ1v) is 12.3. The van der Waals surface area contributed by atoms with Gasteiger partial charge in [-0.15, -0.1) is 0 Å². The quantitative estimate of drug-likeness (QED) is 0.513. The van der Waals surface area contributed by atoms with Crippen LogP contribution < -0.4 is 10.4 Å². The minimum Gasteiger partial charge on any atom is -0.426 e. The van der Waals surface area contributed by atoms with E-state index in [0.29, 0.717) is 6.61 Å². The normalized spacial score (nSPS) is 18.2. The van der Waals surface area contributed by atoms with E-state index in [0.717, 1.165) is 5.75 Å². The third-order valence-corrected chi connectivity index (χ3v) is 8.13. The van der Waals surface area contributed by atoms with Crippen LogP contribution in [-0.4, -0.2) is 39.1 Å². The summed E-state index contributed by atoms with van der Waals surface area (Å²) in [6.45, 7) is 6.94. The van der Waals surface area contributed by atoms with Crippen molar-refractivity contribution in [3.05, 3.63) is 60.7 Å². The van der Waals surface area contributed by atoms with Crippen LogP contribution in [0.4, 0.5) is 0 Å². The maximum atomic E-state index is 12.5. The molecule has 1 fully saturated rings. The highest BCUT2D eigenvalue weighted by molar-refractivity contribution is 7.99. The minimum atomic E-state index is -1.95. The fraction of sp³-hybridized carbons (Fsp3) is 0.409. The third-order valence-electron chi connectivity index (χ3n) is 4.64. The summed E-state index contributed by atoms with van der Waals surface area (Å²) >= 11 is 1.52. The zero-order valence-electron chi connectivity index (χ0n) is 16.7. The zero-order chi connectivity index (χ0) is 20.0. The monoisotopic (exact) mass is 416 g/mol. The highest BCUT2D eigenvalue weighted by Crippen LogP contribution is 2.28. The Morgan fingerprint density at radius 1 is 1.11 bits per heavy atom. The molecule has 1 unspecified atom stereocenters. The van der Waals surface area contributed by atoms with E-state index < -0.39 is 14.7 Å². The number of hydrogen-bond donors (Lipinski definition) is 0. The lowest BCUT2D eigenvalue weighted by molar-refractivity contribution is -0.162. The van der Waals surface area contributed by atoms with Crippen LogP contribution in [-0.2, 0) is 18.7 Å². The van der Waals surface area contributed by atoms with Crippen molar-refractivity contribution in [2.75, 3.05) is 12.4 Å². The number of benzene rings is 2. The third kappa shape index (κ3) is 5.94. The average molecular weight is 417 g/mol. The van der Waals surface area contributed by atoms with Gasteiger partial charge < -0.3 is 13.9 Å². The number of thioether (sulfide) groups is 1. The van der Waals surface area contributed by atoms with Gasteiger partial charge in [-0.1, -0.05) is 93.2 Å². The second-order valence-corrected chi connectivity index (χ2v) is 11.4. The molecule has 0 N–H and O–H groups in total. The van der Waals surface area contributed by atoms with Crippen molar-refractivity contribution in [3.63, 3.8) is 0 Å². The SMILES string of the molecule is CC(C)(C)C(CC(=O)O[C@@H]1OCCS1)O[SiH](c1ccccc1)c1ccccc1. The summed E-state index contributed by atoms with van der Waals surface area (Å²) in [4.78, 5) is 12.5. The molecular formula is C22H28O4SSi. The molecule has 0 aromatic heterocycles. The minimum absolute atomic E-state index is 0.197. The molecule has 0 bridgehead atoms. The lowest BCUT2D eigenvalue weighted by Crippen LogP contribution is -2.50. The Labute approximate surface area is 173 Å². The van der Waals surface area contributed by atoms with Gasteiger partial charge in [0, 0.05) is 5.75 Å². The predicted octanol–water partition coefficient (Wildman–Crippen LogP) is 2.94. The highest BCUT2D eigenvalue weighted by Gasteiger charge is 2.33. The van der Waals surface area contributed by atoms with Gasteiger partial charge in [0.2, 0.25) is 9.04 Å². The highest BCUT2D eigenvalue weighted by atomic mass is 32.2. The summed E-state index contributed by atoms with van der Waals surface area (Å²) in [6, 6.07) is 20.6. The van der Waals surface area contributed by atoms with Gasteiger partial charge in [0.1, 0.15) is 0 Å². The van der Waals surface area contributed by atoms with Crippen LogP contribution in [0.5, 0.6) is 0 Å². The summed E-state index contributed by atoms with van der Waals surface area (Å²) in [5, 5.41) is 2.40. The molecule has 0 amide bonds. The molecule has 0 aliphatic carbocycles. The fourth-order valence-electron chi connectivity index (χ4n) is 3.04.